The summed E-state index contributed by atoms with van der Waals surface area (Å²) in [5.74, 6) is 1.19. The van der Waals surface area contributed by atoms with Crippen molar-refractivity contribution in [1.29, 1.82) is 0 Å². The Kier molecular flexibility index (Phi) is 2.65. The van der Waals surface area contributed by atoms with Crippen molar-refractivity contribution in [3.63, 3.8) is 0 Å². The number of carbonyl (C=O) groups excluding carboxylic acids is 1. The third-order valence-corrected chi connectivity index (χ3v) is 4.67. The molecule has 2 aliphatic carbocycles. The van der Waals surface area contributed by atoms with E-state index in [-0.39, 0.29) is 5.41 Å². The summed E-state index contributed by atoms with van der Waals surface area (Å²) in [6.45, 7) is 7.70. The van der Waals surface area contributed by atoms with Crippen LogP contribution in [-0.4, -0.2) is 10.4 Å². The molecule has 0 amide bonds. The molecule has 1 aromatic rings. The first-order valence-electron chi connectivity index (χ1n) is 7.18. The molecule has 0 N–H and O–H groups in total. The average Bonchev–Trinajstić information content (AvgIpc) is 2.48. The number of nitrogens with zero attached hydrogens (tertiary/aromatic N) is 1. The van der Waals surface area contributed by atoms with Gasteiger partial charge < -0.3 is 4.57 Å². The Morgan fingerprint density at radius 3 is 2.67 bits per heavy atom. The van der Waals surface area contributed by atoms with Gasteiger partial charge in [-0.15, -0.1) is 0 Å². The second-order valence-corrected chi connectivity index (χ2v) is 6.99. The molecule has 0 unspecified atom stereocenters. The molecular weight excluding hydrogens is 222 g/mol. The van der Waals surface area contributed by atoms with Crippen molar-refractivity contribution < 1.29 is 4.79 Å². The lowest BCUT2D eigenvalue weighted by molar-refractivity contribution is 0.0909. The van der Waals surface area contributed by atoms with E-state index in [0.717, 1.165) is 24.4 Å². The van der Waals surface area contributed by atoms with Crippen LogP contribution in [0.4, 0.5) is 0 Å². The lowest BCUT2D eigenvalue weighted by Gasteiger charge is -2.32. The van der Waals surface area contributed by atoms with Gasteiger partial charge in [-0.3, -0.25) is 4.79 Å². The fourth-order valence-corrected chi connectivity index (χ4v) is 3.39. The summed E-state index contributed by atoms with van der Waals surface area (Å²) < 4.78 is 2.43. The molecule has 1 heterocycles. The molecule has 1 saturated carbocycles. The first kappa shape index (κ1) is 12.0. The first-order chi connectivity index (χ1) is 8.46. The van der Waals surface area contributed by atoms with Crippen molar-refractivity contribution in [3.8, 4) is 0 Å². The van der Waals surface area contributed by atoms with Crippen LogP contribution in [0.1, 0.15) is 61.3 Å². The third kappa shape index (κ3) is 1.92. The number of aryl methyl sites for hydroxylation is 1. The van der Waals surface area contributed by atoms with Gasteiger partial charge in [-0.2, -0.15) is 0 Å². The summed E-state index contributed by atoms with van der Waals surface area (Å²) in [6, 6.07) is 2.12. The minimum absolute atomic E-state index is 0.131. The maximum absolute atomic E-state index is 12.2. The molecule has 0 atom stereocenters. The molecule has 0 saturated heterocycles. The number of rotatable bonds is 2. The molecule has 2 aliphatic rings. The van der Waals surface area contributed by atoms with Crippen LogP contribution in [-0.2, 0) is 13.0 Å². The summed E-state index contributed by atoms with van der Waals surface area (Å²) in [5, 5.41) is 0. The van der Waals surface area contributed by atoms with E-state index in [1.807, 2.05) is 0 Å². The van der Waals surface area contributed by atoms with Crippen LogP contribution in [0.2, 0.25) is 0 Å². The third-order valence-electron chi connectivity index (χ3n) is 4.67. The lowest BCUT2D eigenvalue weighted by Crippen LogP contribution is -2.29. The molecular formula is C16H23NO. The Hall–Kier alpha value is -1.05. The Morgan fingerprint density at radius 2 is 2.06 bits per heavy atom. The number of Topliss-reactive ketones (excluding diaryl/α,β-unsaturated/α-hetero) is 1. The van der Waals surface area contributed by atoms with Crippen molar-refractivity contribution >= 4 is 5.78 Å². The van der Waals surface area contributed by atoms with Crippen molar-refractivity contribution in [1.82, 2.24) is 4.57 Å². The number of carbonyl (C=O) groups is 1. The highest BCUT2D eigenvalue weighted by atomic mass is 16.1. The topological polar surface area (TPSA) is 22.0 Å². The number of fused-ring (bicyclic) bond motifs is 1. The van der Waals surface area contributed by atoms with Crippen LogP contribution >= 0.6 is 0 Å². The largest absolute Gasteiger partial charge is 0.348 e. The molecule has 3 rings (SSSR count). The molecule has 1 fully saturated rings. The Morgan fingerprint density at radius 1 is 1.33 bits per heavy atom. The van der Waals surface area contributed by atoms with Gasteiger partial charge in [0.1, 0.15) is 0 Å². The van der Waals surface area contributed by atoms with Crippen molar-refractivity contribution in [2.45, 2.75) is 59.4 Å². The molecule has 0 bridgehead atoms. The number of ketones is 1. The van der Waals surface area contributed by atoms with E-state index in [9.17, 15) is 4.79 Å². The predicted octanol–water partition coefficient (Wildman–Crippen LogP) is 3.75. The molecule has 0 radical (unpaired) electrons. The maximum atomic E-state index is 12.2. The van der Waals surface area contributed by atoms with Crippen LogP contribution in [0.25, 0.3) is 0 Å². The van der Waals surface area contributed by atoms with Crippen LogP contribution in [0.15, 0.2) is 6.07 Å². The van der Waals surface area contributed by atoms with E-state index in [0.29, 0.717) is 12.2 Å². The van der Waals surface area contributed by atoms with Gasteiger partial charge in [0.05, 0.1) is 0 Å². The molecule has 2 nitrogen and oxygen atoms in total. The van der Waals surface area contributed by atoms with E-state index < -0.39 is 0 Å². The first-order valence-corrected chi connectivity index (χ1v) is 7.18. The fraction of sp³-hybridized carbons (Fsp3) is 0.688. The van der Waals surface area contributed by atoms with Crippen LogP contribution < -0.4 is 0 Å². The van der Waals surface area contributed by atoms with E-state index >= 15 is 0 Å². The number of hydrogen-bond acceptors (Lipinski definition) is 1. The van der Waals surface area contributed by atoms with Gasteiger partial charge in [0.25, 0.3) is 0 Å². The highest BCUT2D eigenvalue weighted by Gasteiger charge is 2.34. The Labute approximate surface area is 109 Å². The SMILES string of the molecule is Cc1cc2c(n1CC1CCC1)CC(C)(C)CC2=O. The van der Waals surface area contributed by atoms with Crippen molar-refractivity contribution in [3.05, 3.63) is 23.0 Å². The van der Waals surface area contributed by atoms with Gasteiger partial charge >= 0.3 is 0 Å². The monoisotopic (exact) mass is 245 g/mol. The minimum atomic E-state index is 0.131. The summed E-state index contributed by atoms with van der Waals surface area (Å²) >= 11 is 0. The van der Waals surface area contributed by atoms with Crippen LogP contribution in [0.5, 0.6) is 0 Å². The minimum Gasteiger partial charge on any atom is -0.348 e. The average molecular weight is 245 g/mol. The van der Waals surface area contributed by atoms with Gasteiger partial charge in [-0.25, -0.2) is 0 Å². The van der Waals surface area contributed by atoms with E-state index in [2.05, 4.69) is 31.4 Å². The molecule has 98 valence electrons. The zero-order valence-corrected chi connectivity index (χ0v) is 11.8. The van der Waals surface area contributed by atoms with Gasteiger partial charge in [0.15, 0.2) is 5.78 Å². The molecule has 2 heteroatoms. The highest BCUT2D eigenvalue weighted by Crippen LogP contribution is 2.37. The molecule has 0 spiro atoms. The standard InChI is InChI=1S/C16H23NO/c1-11-7-13-14(8-16(2,3)9-15(13)18)17(11)10-12-5-4-6-12/h7,12H,4-6,8-10H2,1-3H3. The summed E-state index contributed by atoms with van der Waals surface area (Å²) in [6.07, 6.45) is 5.87. The lowest BCUT2D eigenvalue weighted by atomic mass is 9.76. The highest BCUT2D eigenvalue weighted by molar-refractivity contribution is 5.99. The quantitative estimate of drug-likeness (QED) is 0.777. The van der Waals surface area contributed by atoms with Gasteiger partial charge in [0, 0.05) is 29.9 Å². The predicted molar refractivity (Wildman–Crippen MR) is 72.9 cm³/mol. The second kappa shape index (κ2) is 3.97. The second-order valence-electron chi connectivity index (χ2n) is 6.99. The van der Waals surface area contributed by atoms with E-state index in [1.54, 1.807) is 0 Å². The normalized spacial score (nSPS) is 22.7. The molecule has 18 heavy (non-hydrogen) atoms. The fourth-order valence-electron chi connectivity index (χ4n) is 3.39. The van der Waals surface area contributed by atoms with Gasteiger partial charge in [0.2, 0.25) is 0 Å². The van der Waals surface area contributed by atoms with Crippen LogP contribution in [0, 0.1) is 18.3 Å². The molecule has 0 aromatic carbocycles. The smallest absolute Gasteiger partial charge is 0.165 e. The van der Waals surface area contributed by atoms with Gasteiger partial charge in [-0.05, 0) is 43.6 Å². The van der Waals surface area contributed by atoms with Crippen LogP contribution in [0.3, 0.4) is 0 Å². The summed E-state index contributed by atoms with van der Waals surface area (Å²) in [7, 11) is 0. The van der Waals surface area contributed by atoms with Crippen molar-refractivity contribution in [2.24, 2.45) is 11.3 Å². The maximum Gasteiger partial charge on any atom is 0.165 e. The summed E-state index contributed by atoms with van der Waals surface area (Å²) in [4.78, 5) is 12.2. The zero-order valence-electron chi connectivity index (χ0n) is 11.8. The Balaban J connectivity index is 1.97. The molecule has 0 aliphatic heterocycles. The summed E-state index contributed by atoms with van der Waals surface area (Å²) in [5.41, 5.74) is 3.72. The van der Waals surface area contributed by atoms with E-state index in [4.69, 9.17) is 0 Å². The Bertz CT molecular complexity index is 491. The number of aromatic nitrogens is 1. The molecule has 1 aromatic heterocycles. The van der Waals surface area contributed by atoms with Crippen molar-refractivity contribution in [2.75, 3.05) is 0 Å². The van der Waals surface area contributed by atoms with Gasteiger partial charge in [-0.1, -0.05) is 20.3 Å². The number of hydrogen-bond donors (Lipinski definition) is 0. The zero-order chi connectivity index (χ0) is 12.9. The van der Waals surface area contributed by atoms with E-state index in [1.165, 1.54) is 30.7 Å².